The molecule has 0 radical (unpaired) electrons. The van der Waals surface area contributed by atoms with Crippen LogP contribution in [0.3, 0.4) is 0 Å². The number of aliphatic imine (C=N–C) groups is 1. The Balaban J connectivity index is 1.61. The Morgan fingerprint density at radius 3 is 2.36 bits per heavy atom. The Morgan fingerprint density at radius 2 is 1.68 bits per heavy atom. The van der Waals surface area contributed by atoms with E-state index in [0.29, 0.717) is 6.54 Å². The molecule has 2 aromatic heterocycles. The fourth-order valence-corrected chi connectivity index (χ4v) is 2.50. The van der Waals surface area contributed by atoms with Gasteiger partial charge in [0.2, 0.25) is 0 Å². The number of rotatable bonds is 7. The van der Waals surface area contributed by atoms with E-state index in [1.807, 2.05) is 42.5 Å². The first-order valence-electron chi connectivity index (χ1n) is 8.46. The maximum absolute atomic E-state index is 5.37. The Kier molecular flexibility index (Phi) is 5.93. The number of nitrogens with zero attached hydrogens (tertiary/aromatic N) is 1. The van der Waals surface area contributed by atoms with Crippen molar-refractivity contribution in [2.45, 2.75) is 25.9 Å². The van der Waals surface area contributed by atoms with Crippen LogP contribution in [-0.2, 0) is 13.0 Å². The molecule has 0 bridgehead atoms. The van der Waals surface area contributed by atoms with Crippen molar-refractivity contribution >= 4 is 5.96 Å². The van der Waals surface area contributed by atoms with Crippen LogP contribution in [-0.4, -0.2) is 12.5 Å². The van der Waals surface area contributed by atoms with Gasteiger partial charge in [0.25, 0.3) is 0 Å². The highest BCUT2D eigenvalue weighted by Gasteiger charge is 2.08. The molecule has 25 heavy (non-hydrogen) atoms. The summed E-state index contributed by atoms with van der Waals surface area (Å²) in [4.78, 5) is 4.62. The fraction of sp³-hybridized carbons (Fsp3) is 0.250. The van der Waals surface area contributed by atoms with Crippen molar-refractivity contribution in [3.8, 4) is 0 Å². The molecule has 0 aliphatic rings. The lowest BCUT2D eigenvalue weighted by Gasteiger charge is -2.18. The van der Waals surface area contributed by atoms with Crippen LogP contribution in [0.1, 0.15) is 30.0 Å². The maximum Gasteiger partial charge on any atom is 0.192 e. The van der Waals surface area contributed by atoms with E-state index in [-0.39, 0.29) is 6.04 Å². The van der Waals surface area contributed by atoms with Gasteiger partial charge in [0, 0.05) is 13.0 Å². The normalized spacial score (nSPS) is 12.8. The minimum Gasteiger partial charge on any atom is -0.469 e. The van der Waals surface area contributed by atoms with E-state index >= 15 is 0 Å². The zero-order chi connectivity index (χ0) is 17.3. The van der Waals surface area contributed by atoms with E-state index in [1.165, 1.54) is 5.56 Å². The Labute approximate surface area is 147 Å². The molecule has 1 aromatic carbocycles. The molecule has 0 aliphatic heterocycles. The van der Waals surface area contributed by atoms with Crippen LogP contribution in [0.15, 0.2) is 81.0 Å². The zero-order valence-corrected chi connectivity index (χ0v) is 14.3. The Bertz CT molecular complexity index is 750. The number of hydrogen-bond acceptors (Lipinski definition) is 3. The molecule has 130 valence electrons. The molecule has 0 saturated heterocycles. The summed E-state index contributed by atoms with van der Waals surface area (Å²) in [5.41, 5.74) is 1.21. The highest BCUT2D eigenvalue weighted by atomic mass is 16.3. The van der Waals surface area contributed by atoms with Crippen LogP contribution in [0.25, 0.3) is 0 Å². The number of benzene rings is 1. The average molecular weight is 337 g/mol. The van der Waals surface area contributed by atoms with Crippen molar-refractivity contribution in [3.05, 3.63) is 84.2 Å². The molecule has 3 aromatic rings. The summed E-state index contributed by atoms with van der Waals surface area (Å²) in [6.45, 7) is 3.34. The smallest absolute Gasteiger partial charge is 0.192 e. The number of furan rings is 2. The van der Waals surface area contributed by atoms with Gasteiger partial charge in [-0.25, -0.2) is 4.99 Å². The van der Waals surface area contributed by atoms with E-state index in [4.69, 9.17) is 8.83 Å². The summed E-state index contributed by atoms with van der Waals surface area (Å²) in [7, 11) is 0. The van der Waals surface area contributed by atoms with Crippen LogP contribution >= 0.6 is 0 Å². The number of hydrogen-bond donors (Lipinski definition) is 2. The predicted octanol–water partition coefficient (Wildman–Crippen LogP) is 3.91. The monoisotopic (exact) mass is 337 g/mol. The Morgan fingerprint density at radius 1 is 0.960 bits per heavy atom. The van der Waals surface area contributed by atoms with Gasteiger partial charge in [0.1, 0.15) is 18.1 Å². The first kappa shape index (κ1) is 16.9. The molecular weight excluding hydrogens is 314 g/mol. The number of guanidine groups is 1. The van der Waals surface area contributed by atoms with E-state index in [1.54, 1.807) is 12.5 Å². The molecule has 5 heteroatoms. The van der Waals surface area contributed by atoms with Crippen LogP contribution < -0.4 is 10.6 Å². The fourth-order valence-electron chi connectivity index (χ4n) is 2.50. The van der Waals surface area contributed by atoms with Crippen LogP contribution in [0.4, 0.5) is 0 Å². The van der Waals surface area contributed by atoms with E-state index < -0.39 is 0 Å². The van der Waals surface area contributed by atoms with Crippen molar-refractivity contribution in [3.63, 3.8) is 0 Å². The third-order valence-electron chi connectivity index (χ3n) is 3.87. The van der Waals surface area contributed by atoms with Gasteiger partial charge in [-0.15, -0.1) is 0 Å². The lowest BCUT2D eigenvalue weighted by atomic mass is 10.1. The van der Waals surface area contributed by atoms with Gasteiger partial charge in [-0.1, -0.05) is 30.3 Å². The topological polar surface area (TPSA) is 62.7 Å². The van der Waals surface area contributed by atoms with Gasteiger partial charge >= 0.3 is 0 Å². The van der Waals surface area contributed by atoms with Gasteiger partial charge in [-0.05, 0) is 36.8 Å². The summed E-state index contributed by atoms with van der Waals surface area (Å²) >= 11 is 0. The molecule has 2 heterocycles. The summed E-state index contributed by atoms with van der Waals surface area (Å²) in [5.74, 6) is 2.54. The summed E-state index contributed by atoms with van der Waals surface area (Å²) < 4.78 is 10.7. The third-order valence-corrected chi connectivity index (χ3v) is 3.87. The van der Waals surface area contributed by atoms with E-state index in [2.05, 4.69) is 34.7 Å². The van der Waals surface area contributed by atoms with Crippen LogP contribution in [0, 0.1) is 0 Å². The second kappa shape index (κ2) is 8.78. The molecule has 0 amide bonds. The van der Waals surface area contributed by atoms with Crippen LogP contribution in [0.5, 0.6) is 0 Å². The van der Waals surface area contributed by atoms with Gasteiger partial charge in [-0.3, -0.25) is 0 Å². The minimum atomic E-state index is 0.146. The molecule has 0 fully saturated rings. The predicted molar refractivity (Wildman–Crippen MR) is 98.3 cm³/mol. The molecule has 5 nitrogen and oxygen atoms in total. The van der Waals surface area contributed by atoms with E-state index in [0.717, 1.165) is 30.4 Å². The first-order valence-corrected chi connectivity index (χ1v) is 8.46. The molecule has 0 spiro atoms. The molecule has 1 unspecified atom stereocenters. The van der Waals surface area contributed by atoms with Crippen molar-refractivity contribution in [1.82, 2.24) is 10.6 Å². The first-order chi connectivity index (χ1) is 12.3. The lowest BCUT2D eigenvalue weighted by molar-refractivity contribution is 0.504. The molecule has 0 aliphatic carbocycles. The van der Waals surface area contributed by atoms with Gasteiger partial charge in [0.05, 0.1) is 18.6 Å². The van der Waals surface area contributed by atoms with Crippen molar-refractivity contribution < 1.29 is 8.83 Å². The molecule has 3 rings (SSSR count). The molecular formula is C20H23N3O2. The number of nitrogens with one attached hydrogen (secondary N) is 2. The highest BCUT2D eigenvalue weighted by molar-refractivity contribution is 5.80. The molecule has 2 N–H and O–H groups in total. The Hall–Kier alpha value is -2.95. The van der Waals surface area contributed by atoms with Gasteiger partial charge in [-0.2, -0.15) is 0 Å². The lowest BCUT2D eigenvalue weighted by Crippen LogP contribution is -2.39. The zero-order valence-electron chi connectivity index (χ0n) is 14.3. The van der Waals surface area contributed by atoms with Crippen molar-refractivity contribution in [2.24, 2.45) is 4.99 Å². The molecule has 0 saturated carbocycles. The van der Waals surface area contributed by atoms with E-state index in [9.17, 15) is 0 Å². The standard InChI is InChI=1S/C20H23N3O2/c1-16(17-7-3-2-4-8-17)23-20(22-15-19-10-6-14-25-19)21-12-11-18-9-5-13-24-18/h2-10,13-14,16H,11-12,15H2,1H3,(H2,21,22,23). The minimum absolute atomic E-state index is 0.146. The summed E-state index contributed by atoms with van der Waals surface area (Å²) in [5, 5.41) is 6.80. The van der Waals surface area contributed by atoms with Crippen molar-refractivity contribution in [2.75, 3.05) is 6.54 Å². The van der Waals surface area contributed by atoms with Gasteiger partial charge < -0.3 is 19.5 Å². The second-order valence-corrected chi connectivity index (χ2v) is 5.78. The van der Waals surface area contributed by atoms with Crippen molar-refractivity contribution in [1.29, 1.82) is 0 Å². The average Bonchev–Trinajstić information content (AvgIpc) is 3.34. The summed E-state index contributed by atoms with van der Waals surface area (Å²) in [6, 6.07) is 18.1. The quantitative estimate of drug-likeness (QED) is 0.507. The SMILES string of the molecule is CC(NC(=NCc1ccco1)NCCc1ccco1)c1ccccc1. The summed E-state index contributed by atoms with van der Waals surface area (Å²) in [6.07, 6.45) is 4.15. The van der Waals surface area contributed by atoms with Crippen LogP contribution in [0.2, 0.25) is 0 Å². The highest BCUT2D eigenvalue weighted by Crippen LogP contribution is 2.11. The maximum atomic E-state index is 5.37. The largest absolute Gasteiger partial charge is 0.469 e. The third kappa shape index (κ3) is 5.28. The van der Waals surface area contributed by atoms with Gasteiger partial charge in [0.15, 0.2) is 5.96 Å². The molecule has 1 atom stereocenters. The second-order valence-electron chi connectivity index (χ2n) is 5.78.